The molecule has 1 aromatic carbocycles. The first-order valence-electron chi connectivity index (χ1n) is 7.55. The normalized spacial score (nSPS) is 21.6. The molecule has 0 aromatic heterocycles. The van der Waals surface area contributed by atoms with Crippen molar-refractivity contribution in [2.75, 3.05) is 4.90 Å². The molecular formula is C17H19NO3. The highest BCUT2D eigenvalue weighted by atomic mass is 16.2. The summed E-state index contributed by atoms with van der Waals surface area (Å²) in [5, 5.41) is 0. The number of hydrogen-bond acceptors (Lipinski definition) is 3. The third-order valence-electron chi connectivity index (χ3n) is 4.75. The maximum atomic E-state index is 12.5. The van der Waals surface area contributed by atoms with Gasteiger partial charge in [-0.2, -0.15) is 0 Å². The zero-order chi connectivity index (χ0) is 14.9. The van der Waals surface area contributed by atoms with E-state index in [4.69, 9.17) is 0 Å². The van der Waals surface area contributed by atoms with E-state index in [1.54, 1.807) is 24.3 Å². The number of carbonyl (C=O) groups is 3. The average molecular weight is 285 g/mol. The number of hydrogen-bond donors (Lipinski definition) is 0. The fraction of sp³-hybridized carbons (Fsp3) is 0.471. The quantitative estimate of drug-likeness (QED) is 0.619. The molecule has 2 aliphatic rings. The minimum absolute atomic E-state index is 0.0916. The Morgan fingerprint density at radius 1 is 0.905 bits per heavy atom. The SMILES string of the molecule is O=Cc1ccc(N2C(=O)CC3(CCCCC3)CC2=O)cc1. The first-order valence-corrected chi connectivity index (χ1v) is 7.55. The Morgan fingerprint density at radius 2 is 1.48 bits per heavy atom. The van der Waals surface area contributed by atoms with Crippen LogP contribution in [0, 0.1) is 5.41 Å². The first kappa shape index (κ1) is 14.0. The monoisotopic (exact) mass is 285 g/mol. The second kappa shape index (κ2) is 5.43. The van der Waals surface area contributed by atoms with E-state index >= 15 is 0 Å². The predicted octanol–water partition coefficient (Wildman–Crippen LogP) is 3.10. The van der Waals surface area contributed by atoms with Crippen LogP contribution in [0.1, 0.15) is 55.3 Å². The highest BCUT2D eigenvalue weighted by Crippen LogP contribution is 2.46. The van der Waals surface area contributed by atoms with Gasteiger partial charge in [-0.3, -0.25) is 19.3 Å². The smallest absolute Gasteiger partial charge is 0.234 e. The van der Waals surface area contributed by atoms with Crippen molar-refractivity contribution in [3.63, 3.8) is 0 Å². The van der Waals surface area contributed by atoms with Crippen LogP contribution in [0.3, 0.4) is 0 Å². The lowest BCUT2D eigenvalue weighted by atomic mass is 9.67. The van der Waals surface area contributed by atoms with Gasteiger partial charge in [0, 0.05) is 18.4 Å². The number of benzene rings is 1. The van der Waals surface area contributed by atoms with Crippen LogP contribution in [0.2, 0.25) is 0 Å². The third-order valence-corrected chi connectivity index (χ3v) is 4.75. The zero-order valence-electron chi connectivity index (χ0n) is 12.0. The maximum absolute atomic E-state index is 12.5. The molecular weight excluding hydrogens is 266 g/mol. The summed E-state index contributed by atoms with van der Waals surface area (Å²) in [5.41, 5.74) is 1.02. The van der Waals surface area contributed by atoms with Crippen molar-refractivity contribution in [3.05, 3.63) is 29.8 Å². The topological polar surface area (TPSA) is 54.5 Å². The Morgan fingerprint density at radius 3 is 2.00 bits per heavy atom. The van der Waals surface area contributed by atoms with Gasteiger partial charge in [0.2, 0.25) is 11.8 Å². The van der Waals surface area contributed by atoms with E-state index in [2.05, 4.69) is 0 Å². The lowest BCUT2D eigenvalue weighted by Gasteiger charge is -2.42. The number of anilines is 1. The molecule has 110 valence electrons. The summed E-state index contributed by atoms with van der Waals surface area (Å²) >= 11 is 0. The molecule has 0 bridgehead atoms. The fourth-order valence-electron chi connectivity index (χ4n) is 3.65. The molecule has 1 aliphatic heterocycles. The van der Waals surface area contributed by atoms with Crippen molar-refractivity contribution in [2.45, 2.75) is 44.9 Å². The number of carbonyl (C=O) groups excluding carboxylic acids is 3. The van der Waals surface area contributed by atoms with E-state index in [1.807, 2.05) is 0 Å². The summed E-state index contributed by atoms with van der Waals surface area (Å²) in [7, 11) is 0. The van der Waals surface area contributed by atoms with Crippen LogP contribution in [0.5, 0.6) is 0 Å². The molecule has 21 heavy (non-hydrogen) atoms. The zero-order valence-corrected chi connectivity index (χ0v) is 12.0. The number of amides is 2. The number of nitrogens with zero attached hydrogens (tertiary/aromatic N) is 1. The lowest BCUT2D eigenvalue weighted by molar-refractivity contribution is -0.134. The van der Waals surface area contributed by atoms with Gasteiger partial charge in [-0.05, 0) is 42.5 Å². The largest absolute Gasteiger partial charge is 0.298 e. The number of imide groups is 1. The van der Waals surface area contributed by atoms with Crippen molar-refractivity contribution < 1.29 is 14.4 Å². The molecule has 1 spiro atoms. The van der Waals surface area contributed by atoms with Gasteiger partial charge in [-0.25, -0.2) is 0 Å². The minimum atomic E-state index is -0.105. The van der Waals surface area contributed by atoms with Crippen LogP contribution in [-0.4, -0.2) is 18.1 Å². The summed E-state index contributed by atoms with van der Waals surface area (Å²) in [6.45, 7) is 0. The van der Waals surface area contributed by atoms with Gasteiger partial charge in [-0.15, -0.1) is 0 Å². The number of aldehydes is 1. The molecule has 4 nitrogen and oxygen atoms in total. The molecule has 0 radical (unpaired) electrons. The van der Waals surface area contributed by atoms with Crippen LogP contribution < -0.4 is 4.90 Å². The summed E-state index contributed by atoms with van der Waals surface area (Å²) in [6.07, 6.45) is 7.11. The number of piperidine rings is 1. The summed E-state index contributed by atoms with van der Waals surface area (Å²) < 4.78 is 0. The van der Waals surface area contributed by atoms with Crippen molar-refractivity contribution >= 4 is 23.8 Å². The van der Waals surface area contributed by atoms with Gasteiger partial charge >= 0.3 is 0 Å². The molecule has 1 saturated heterocycles. The standard InChI is InChI=1S/C17H19NO3/c19-12-13-4-6-14(7-5-13)18-15(20)10-17(11-16(18)21)8-2-1-3-9-17/h4-7,12H,1-3,8-11H2. The minimum Gasteiger partial charge on any atom is -0.298 e. The van der Waals surface area contributed by atoms with Crippen molar-refractivity contribution in [1.29, 1.82) is 0 Å². The molecule has 2 fully saturated rings. The van der Waals surface area contributed by atoms with E-state index in [1.165, 1.54) is 11.3 Å². The highest BCUT2D eigenvalue weighted by Gasteiger charge is 2.44. The lowest BCUT2D eigenvalue weighted by Crippen LogP contribution is -2.48. The van der Waals surface area contributed by atoms with E-state index in [0.29, 0.717) is 24.1 Å². The first-order chi connectivity index (χ1) is 10.1. The van der Waals surface area contributed by atoms with E-state index in [-0.39, 0.29) is 17.2 Å². The molecule has 0 atom stereocenters. The Bertz CT molecular complexity index is 550. The molecule has 1 aromatic rings. The second-order valence-corrected chi connectivity index (χ2v) is 6.25. The predicted molar refractivity (Wildman–Crippen MR) is 79.1 cm³/mol. The highest BCUT2D eigenvalue weighted by molar-refractivity contribution is 6.17. The Labute approximate surface area is 124 Å². The third kappa shape index (κ3) is 2.62. The van der Waals surface area contributed by atoms with Crippen LogP contribution in [0.25, 0.3) is 0 Å². The van der Waals surface area contributed by atoms with Crippen molar-refractivity contribution in [1.82, 2.24) is 0 Å². The summed E-state index contributed by atoms with van der Waals surface area (Å²) in [4.78, 5) is 36.9. The Kier molecular flexibility index (Phi) is 3.62. The van der Waals surface area contributed by atoms with Gasteiger partial charge in [0.1, 0.15) is 6.29 Å². The van der Waals surface area contributed by atoms with E-state index < -0.39 is 0 Å². The Hall–Kier alpha value is -1.97. The van der Waals surface area contributed by atoms with E-state index in [9.17, 15) is 14.4 Å². The van der Waals surface area contributed by atoms with Crippen LogP contribution in [-0.2, 0) is 9.59 Å². The molecule has 1 saturated carbocycles. The van der Waals surface area contributed by atoms with Gasteiger partial charge in [-0.1, -0.05) is 19.3 Å². The van der Waals surface area contributed by atoms with Gasteiger partial charge in [0.25, 0.3) is 0 Å². The molecule has 0 N–H and O–H groups in total. The summed E-state index contributed by atoms with van der Waals surface area (Å²) in [5.74, 6) is -0.209. The van der Waals surface area contributed by atoms with Crippen molar-refractivity contribution in [3.8, 4) is 0 Å². The fourth-order valence-corrected chi connectivity index (χ4v) is 3.65. The second-order valence-electron chi connectivity index (χ2n) is 6.25. The average Bonchev–Trinajstić information content (AvgIpc) is 2.48. The Balaban J connectivity index is 1.82. The molecule has 2 amide bonds. The van der Waals surface area contributed by atoms with E-state index in [0.717, 1.165) is 32.0 Å². The van der Waals surface area contributed by atoms with Gasteiger partial charge in [0.15, 0.2) is 0 Å². The summed E-state index contributed by atoms with van der Waals surface area (Å²) in [6, 6.07) is 6.60. The number of rotatable bonds is 2. The molecule has 1 aliphatic carbocycles. The molecule has 1 heterocycles. The van der Waals surface area contributed by atoms with Gasteiger partial charge in [0.05, 0.1) is 5.69 Å². The van der Waals surface area contributed by atoms with Crippen molar-refractivity contribution in [2.24, 2.45) is 5.41 Å². The van der Waals surface area contributed by atoms with Crippen LogP contribution in [0.4, 0.5) is 5.69 Å². The van der Waals surface area contributed by atoms with Gasteiger partial charge < -0.3 is 0 Å². The molecule has 0 unspecified atom stereocenters. The van der Waals surface area contributed by atoms with Crippen LogP contribution in [0.15, 0.2) is 24.3 Å². The maximum Gasteiger partial charge on any atom is 0.234 e. The molecule has 4 heteroatoms. The molecule has 3 rings (SSSR count). The van der Waals surface area contributed by atoms with Crippen LogP contribution >= 0.6 is 0 Å².